The third-order valence-corrected chi connectivity index (χ3v) is 4.43. The Hall–Kier alpha value is -0.870. The molecule has 1 aromatic rings. The largest absolute Gasteiger partial charge is 0.359 e. The molecule has 0 saturated carbocycles. The molecule has 20 heavy (non-hydrogen) atoms. The van der Waals surface area contributed by atoms with Crippen molar-refractivity contribution in [3.63, 3.8) is 0 Å². The van der Waals surface area contributed by atoms with Gasteiger partial charge in [-0.2, -0.15) is 0 Å². The molecule has 112 valence electrons. The maximum absolute atomic E-state index is 6.23. The lowest BCUT2D eigenvalue weighted by Gasteiger charge is -2.32. The Morgan fingerprint density at radius 2 is 2.05 bits per heavy atom. The average molecular weight is 297 g/mol. The lowest BCUT2D eigenvalue weighted by atomic mass is 9.96. The van der Waals surface area contributed by atoms with E-state index >= 15 is 0 Å². The van der Waals surface area contributed by atoms with Crippen LogP contribution in [0.25, 0.3) is 0 Å². The fourth-order valence-electron chi connectivity index (χ4n) is 2.89. The van der Waals surface area contributed by atoms with Gasteiger partial charge in [0, 0.05) is 19.2 Å². The molecule has 0 radical (unpaired) electrons. The highest BCUT2D eigenvalue weighted by Gasteiger charge is 2.20. The summed E-state index contributed by atoms with van der Waals surface area (Å²) in [6.45, 7) is 5.61. The fraction of sp³-hybridized carbons (Fsp3) is 0.733. The van der Waals surface area contributed by atoms with E-state index in [0.29, 0.717) is 5.15 Å². The van der Waals surface area contributed by atoms with Gasteiger partial charge in [-0.3, -0.25) is 0 Å². The van der Waals surface area contributed by atoms with E-state index in [1.807, 2.05) is 0 Å². The number of aromatic nitrogens is 2. The van der Waals surface area contributed by atoms with Crippen LogP contribution in [0.5, 0.6) is 0 Å². The van der Waals surface area contributed by atoms with Crippen molar-refractivity contribution in [2.45, 2.75) is 32.6 Å². The van der Waals surface area contributed by atoms with Gasteiger partial charge in [-0.05, 0) is 45.3 Å². The summed E-state index contributed by atoms with van der Waals surface area (Å²) in [6, 6.07) is 0. The Morgan fingerprint density at radius 1 is 1.35 bits per heavy atom. The van der Waals surface area contributed by atoms with Crippen LogP contribution in [0.1, 0.15) is 31.7 Å². The van der Waals surface area contributed by atoms with Gasteiger partial charge in [0.05, 0.1) is 0 Å². The van der Waals surface area contributed by atoms with Crippen LogP contribution in [0.15, 0.2) is 6.33 Å². The Bertz CT molecular complexity index is 430. The SMILES string of the molecule is CCCc1c(Cl)ncnc1N(C)CC1CCN(C)CC1. The normalized spacial score (nSPS) is 17.4. The summed E-state index contributed by atoms with van der Waals surface area (Å²) in [4.78, 5) is 13.2. The molecule has 0 atom stereocenters. The highest BCUT2D eigenvalue weighted by molar-refractivity contribution is 6.30. The molecule has 4 nitrogen and oxygen atoms in total. The molecule has 0 amide bonds. The van der Waals surface area contributed by atoms with Crippen molar-refractivity contribution in [3.8, 4) is 0 Å². The van der Waals surface area contributed by atoms with E-state index in [1.54, 1.807) is 6.33 Å². The van der Waals surface area contributed by atoms with Gasteiger partial charge >= 0.3 is 0 Å². The minimum absolute atomic E-state index is 0.604. The van der Waals surface area contributed by atoms with Gasteiger partial charge in [-0.25, -0.2) is 9.97 Å². The molecule has 1 aromatic heterocycles. The highest BCUT2D eigenvalue weighted by atomic mass is 35.5. The highest BCUT2D eigenvalue weighted by Crippen LogP contribution is 2.26. The van der Waals surface area contributed by atoms with Crippen LogP contribution in [0.2, 0.25) is 5.15 Å². The Morgan fingerprint density at radius 3 is 2.70 bits per heavy atom. The van der Waals surface area contributed by atoms with Crippen LogP contribution in [0.3, 0.4) is 0 Å². The Balaban J connectivity index is 2.05. The van der Waals surface area contributed by atoms with E-state index in [1.165, 1.54) is 25.9 Å². The summed E-state index contributed by atoms with van der Waals surface area (Å²) >= 11 is 6.23. The first-order valence-electron chi connectivity index (χ1n) is 7.50. The number of anilines is 1. The second-order valence-corrected chi connectivity index (χ2v) is 6.20. The summed E-state index contributed by atoms with van der Waals surface area (Å²) in [5.74, 6) is 1.75. The predicted octanol–water partition coefficient (Wildman–Crippen LogP) is 2.86. The van der Waals surface area contributed by atoms with Gasteiger partial charge in [0.2, 0.25) is 0 Å². The zero-order valence-corrected chi connectivity index (χ0v) is 13.5. The van der Waals surface area contributed by atoms with Crippen LogP contribution in [0.4, 0.5) is 5.82 Å². The molecule has 2 heterocycles. The van der Waals surface area contributed by atoms with Crippen molar-refractivity contribution < 1.29 is 0 Å². The first kappa shape index (κ1) is 15.5. The molecule has 0 bridgehead atoms. The molecule has 5 heteroatoms. The molecule has 1 saturated heterocycles. The van der Waals surface area contributed by atoms with Gasteiger partial charge < -0.3 is 9.80 Å². The molecule has 0 aliphatic carbocycles. The molecule has 1 aliphatic rings. The second-order valence-electron chi connectivity index (χ2n) is 5.84. The van der Waals surface area contributed by atoms with Crippen molar-refractivity contribution in [2.75, 3.05) is 38.6 Å². The number of hydrogen-bond acceptors (Lipinski definition) is 4. The third kappa shape index (κ3) is 3.83. The fourth-order valence-corrected chi connectivity index (χ4v) is 3.12. The van der Waals surface area contributed by atoms with Gasteiger partial charge in [0.1, 0.15) is 17.3 Å². The van der Waals surface area contributed by atoms with Crippen LogP contribution in [-0.2, 0) is 6.42 Å². The van der Waals surface area contributed by atoms with E-state index in [4.69, 9.17) is 11.6 Å². The van der Waals surface area contributed by atoms with E-state index in [0.717, 1.165) is 36.7 Å². The van der Waals surface area contributed by atoms with Crippen molar-refractivity contribution >= 4 is 17.4 Å². The summed E-state index contributed by atoms with van der Waals surface area (Å²) in [7, 11) is 4.32. The van der Waals surface area contributed by atoms with E-state index < -0.39 is 0 Å². The maximum atomic E-state index is 6.23. The van der Waals surface area contributed by atoms with E-state index in [9.17, 15) is 0 Å². The molecule has 0 aromatic carbocycles. The van der Waals surface area contributed by atoms with Crippen molar-refractivity contribution in [1.82, 2.24) is 14.9 Å². The zero-order chi connectivity index (χ0) is 14.5. The van der Waals surface area contributed by atoms with Crippen molar-refractivity contribution in [1.29, 1.82) is 0 Å². The number of piperidine rings is 1. The number of rotatable bonds is 5. The van der Waals surface area contributed by atoms with Crippen LogP contribution in [-0.4, -0.2) is 48.6 Å². The summed E-state index contributed by atoms with van der Waals surface area (Å²) < 4.78 is 0. The van der Waals surface area contributed by atoms with Crippen LogP contribution >= 0.6 is 11.6 Å². The Kier molecular flexibility index (Phi) is 5.61. The quantitative estimate of drug-likeness (QED) is 0.782. The molecule has 1 fully saturated rings. The summed E-state index contributed by atoms with van der Waals surface area (Å²) in [5.41, 5.74) is 1.09. The average Bonchev–Trinajstić information content (AvgIpc) is 2.43. The standard InChI is InChI=1S/C15H25ClN4/c1-4-5-13-14(16)17-11-18-15(13)20(3)10-12-6-8-19(2)9-7-12/h11-12H,4-10H2,1-3H3. The molecule has 2 rings (SSSR count). The van der Waals surface area contributed by atoms with Crippen LogP contribution in [0, 0.1) is 5.92 Å². The first-order valence-corrected chi connectivity index (χ1v) is 7.88. The molecular formula is C15H25ClN4. The summed E-state index contributed by atoms with van der Waals surface area (Å²) in [5, 5.41) is 0.604. The minimum Gasteiger partial charge on any atom is -0.359 e. The number of likely N-dealkylation sites (tertiary alicyclic amines) is 1. The predicted molar refractivity (Wildman–Crippen MR) is 84.5 cm³/mol. The lowest BCUT2D eigenvalue weighted by molar-refractivity contribution is 0.222. The molecule has 0 unspecified atom stereocenters. The van der Waals surface area contributed by atoms with Crippen LogP contribution < -0.4 is 4.90 Å². The topological polar surface area (TPSA) is 32.3 Å². The maximum Gasteiger partial charge on any atom is 0.137 e. The van der Waals surface area contributed by atoms with Gasteiger partial charge in [0.15, 0.2) is 0 Å². The van der Waals surface area contributed by atoms with Crippen molar-refractivity contribution in [2.24, 2.45) is 5.92 Å². The smallest absolute Gasteiger partial charge is 0.137 e. The second kappa shape index (κ2) is 7.23. The molecule has 1 aliphatic heterocycles. The lowest BCUT2D eigenvalue weighted by Crippen LogP contribution is -2.36. The monoisotopic (exact) mass is 296 g/mol. The molecule has 0 N–H and O–H groups in total. The van der Waals surface area contributed by atoms with E-state index in [2.05, 4.69) is 40.8 Å². The summed E-state index contributed by atoms with van der Waals surface area (Å²) in [6.07, 6.45) is 6.10. The molecular weight excluding hydrogens is 272 g/mol. The van der Waals surface area contributed by atoms with Gasteiger partial charge in [-0.1, -0.05) is 24.9 Å². The first-order chi connectivity index (χ1) is 9.61. The number of hydrogen-bond donors (Lipinski definition) is 0. The third-order valence-electron chi connectivity index (χ3n) is 4.10. The number of halogens is 1. The van der Waals surface area contributed by atoms with E-state index in [-0.39, 0.29) is 0 Å². The minimum atomic E-state index is 0.604. The Labute approximate surface area is 127 Å². The number of nitrogens with zero attached hydrogens (tertiary/aromatic N) is 4. The molecule has 0 spiro atoms. The van der Waals surface area contributed by atoms with Crippen molar-refractivity contribution in [3.05, 3.63) is 17.0 Å². The zero-order valence-electron chi connectivity index (χ0n) is 12.8. The van der Waals surface area contributed by atoms with Gasteiger partial charge in [0.25, 0.3) is 0 Å². The van der Waals surface area contributed by atoms with Gasteiger partial charge in [-0.15, -0.1) is 0 Å².